The van der Waals surface area contributed by atoms with E-state index in [-0.39, 0.29) is 17.6 Å². The Morgan fingerprint density at radius 1 is 1.32 bits per heavy atom. The molecule has 1 saturated heterocycles. The fourth-order valence-electron chi connectivity index (χ4n) is 4.26. The molecule has 2 aliphatic rings. The van der Waals surface area contributed by atoms with Crippen LogP contribution in [-0.4, -0.2) is 42.8 Å². The first-order valence-electron chi connectivity index (χ1n) is 9.31. The van der Waals surface area contributed by atoms with Gasteiger partial charge in [0.2, 0.25) is 0 Å². The number of nitrogens with zero attached hydrogens (tertiary/aromatic N) is 2. The average molecular weight is 341 g/mol. The van der Waals surface area contributed by atoms with Crippen molar-refractivity contribution in [2.45, 2.75) is 56.5 Å². The minimum atomic E-state index is -0.333. The number of amides is 1. The number of nitriles is 1. The highest BCUT2D eigenvalue weighted by Crippen LogP contribution is 2.40. The number of rotatable bonds is 4. The molecule has 1 atom stereocenters. The molecule has 5 heteroatoms. The lowest BCUT2D eigenvalue weighted by molar-refractivity contribution is 0.143. The first kappa shape index (κ1) is 17.8. The van der Waals surface area contributed by atoms with E-state index >= 15 is 0 Å². The Labute approximate surface area is 150 Å². The maximum Gasteiger partial charge on any atom is 0.407 e. The minimum Gasteiger partial charge on any atom is -0.450 e. The lowest BCUT2D eigenvalue weighted by Crippen LogP contribution is -2.43. The average Bonchev–Trinajstić information content (AvgIpc) is 3.11. The molecule has 25 heavy (non-hydrogen) atoms. The van der Waals surface area contributed by atoms with E-state index in [1.165, 1.54) is 0 Å². The zero-order chi connectivity index (χ0) is 17.7. The Morgan fingerprint density at radius 2 is 2.04 bits per heavy atom. The number of carbonyl (C=O) groups excluding carboxylic acids is 1. The molecular weight excluding hydrogens is 314 g/mol. The van der Waals surface area contributed by atoms with Gasteiger partial charge in [0.25, 0.3) is 0 Å². The molecule has 134 valence electrons. The zero-order valence-electron chi connectivity index (χ0n) is 14.9. The van der Waals surface area contributed by atoms with Gasteiger partial charge in [-0.25, -0.2) is 4.79 Å². The Bertz CT molecular complexity index is 618. The molecule has 0 radical (unpaired) electrons. The normalized spacial score (nSPS) is 29.8. The molecule has 5 nitrogen and oxygen atoms in total. The molecular formula is C20H27N3O2. The number of hydrogen-bond acceptors (Lipinski definition) is 4. The molecule has 0 spiro atoms. The Morgan fingerprint density at radius 3 is 2.68 bits per heavy atom. The quantitative estimate of drug-likeness (QED) is 0.913. The second-order valence-electron chi connectivity index (χ2n) is 7.14. The Hall–Kier alpha value is -2.06. The number of hydrogen-bond donors (Lipinski definition) is 1. The number of likely N-dealkylation sites (tertiary alicyclic amines) is 1. The molecule has 1 aromatic rings. The van der Waals surface area contributed by atoms with Gasteiger partial charge in [0, 0.05) is 25.2 Å². The van der Waals surface area contributed by atoms with Crippen molar-refractivity contribution in [3.8, 4) is 6.07 Å². The molecule has 1 N–H and O–H groups in total. The van der Waals surface area contributed by atoms with E-state index in [0.29, 0.717) is 12.6 Å². The van der Waals surface area contributed by atoms with Crippen molar-refractivity contribution < 1.29 is 9.53 Å². The summed E-state index contributed by atoms with van der Waals surface area (Å²) >= 11 is 0. The molecule has 2 fully saturated rings. The van der Waals surface area contributed by atoms with Crippen molar-refractivity contribution in [3.63, 3.8) is 0 Å². The highest BCUT2D eigenvalue weighted by molar-refractivity contribution is 5.67. The third-order valence-electron chi connectivity index (χ3n) is 5.68. The van der Waals surface area contributed by atoms with Gasteiger partial charge in [-0.05, 0) is 44.6 Å². The fourth-order valence-corrected chi connectivity index (χ4v) is 4.26. The summed E-state index contributed by atoms with van der Waals surface area (Å²) in [5.41, 5.74) is 0.819. The molecule has 0 unspecified atom stereocenters. The van der Waals surface area contributed by atoms with Gasteiger partial charge < -0.3 is 10.1 Å². The Kier molecular flexibility index (Phi) is 5.60. The number of ether oxygens (including phenoxy) is 1. The van der Waals surface area contributed by atoms with Crippen molar-refractivity contribution in [2.75, 3.05) is 19.7 Å². The summed E-state index contributed by atoms with van der Waals surface area (Å²) in [4.78, 5) is 14.1. The molecule has 1 aliphatic heterocycles. The summed E-state index contributed by atoms with van der Waals surface area (Å²) in [6, 6.07) is 13.5. The molecule has 1 aromatic carbocycles. The largest absolute Gasteiger partial charge is 0.450 e. The van der Waals surface area contributed by atoms with E-state index in [9.17, 15) is 10.1 Å². The van der Waals surface area contributed by atoms with Crippen LogP contribution in [0.4, 0.5) is 4.79 Å². The van der Waals surface area contributed by atoms with Crippen LogP contribution in [0.3, 0.4) is 0 Å². The summed E-state index contributed by atoms with van der Waals surface area (Å²) in [7, 11) is 0. The van der Waals surface area contributed by atoms with E-state index in [1.807, 2.05) is 25.1 Å². The first-order chi connectivity index (χ1) is 12.2. The van der Waals surface area contributed by atoms with E-state index in [4.69, 9.17) is 4.74 Å². The SMILES string of the molecule is CCOC(=O)N[C@H]1CCN(C2CCC(C#N)(c3ccccc3)CC2)C1. The van der Waals surface area contributed by atoms with Gasteiger partial charge in [-0.3, -0.25) is 4.90 Å². The van der Waals surface area contributed by atoms with Crippen LogP contribution in [-0.2, 0) is 10.2 Å². The number of benzene rings is 1. The van der Waals surface area contributed by atoms with Crippen molar-refractivity contribution >= 4 is 6.09 Å². The molecule has 0 bridgehead atoms. The van der Waals surface area contributed by atoms with Crippen LogP contribution in [0.25, 0.3) is 0 Å². The van der Waals surface area contributed by atoms with Crippen LogP contribution in [0.2, 0.25) is 0 Å². The highest BCUT2D eigenvalue weighted by Gasteiger charge is 2.40. The summed E-state index contributed by atoms with van der Waals surface area (Å²) in [6.07, 6.45) is 4.54. The van der Waals surface area contributed by atoms with Crippen molar-refractivity contribution in [2.24, 2.45) is 0 Å². The van der Waals surface area contributed by atoms with Gasteiger partial charge >= 0.3 is 6.09 Å². The minimum absolute atomic E-state index is 0.177. The van der Waals surface area contributed by atoms with Crippen LogP contribution < -0.4 is 5.32 Å². The molecule has 1 heterocycles. The van der Waals surface area contributed by atoms with Crippen molar-refractivity contribution in [1.29, 1.82) is 5.26 Å². The lowest BCUT2D eigenvalue weighted by Gasteiger charge is -2.39. The molecule has 3 rings (SSSR count). The predicted octanol–water partition coefficient (Wildman–Crippen LogP) is 3.21. The second kappa shape index (κ2) is 7.88. The fraction of sp³-hybridized carbons (Fsp3) is 0.600. The number of carbonyl (C=O) groups is 1. The lowest BCUT2D eigenvalue weighted by atomic mass is 9.69. The topological polar surface area (TPSA) is 65.4 Å². The molecule has 0 aromatic heterocycles. The first-order valence-corrected chi connectivity index (χ1v) is 9.31. The predicted molar refractivity (Wildman–Crippen MR) is 96.1 cm³/mol. The van der Waals surface area contributed by atoms with Crippen LogP contribution in [0.15, 0.2) is 30.3 Å². The summed E-state index contributed by atoms with van der Waals surface area (Å²) in [6.45, 7) is 4.11. The van der Waals surface area contributed by atoms with Crippen molar-refractivity contribution in [1.82, 2.24) is 10.2 Å². The second-order valence-corrected chi connectivity index (χ2v) is 7.14. The standard InChI is InChI=1S/C20H27N3O2/c1-2-25-19(24)22-17-10-13-23(14-17)18-8-11-20(15-21,12-9-18)16-6-4-3-5-7-16/h3-7,17-18H,2,8-14H2,1H3,(H,22,24)/t17-,18?,20?/m0/s1. The summed E-state index contributed by atoms with van der Waals surface area (Å²) < 4.78 is 4.97. The number of alkyl carbamates (subject to hydrolysis) is 1. The van der Waals surface area contributed by atoms with Crippen LogP contribution in [0, 0.1) is 11.3 Å². The van der Waals surface area contributed by atoms with E-state index in [2.05, 4.69) is 28.4 Å². The van der Waals surface area contributed by atoms with Gasteiger partial charge in [0.05, 0.1) is 18.1 Å². The molecule has 1 amide bonds. The highest BCUT2D eigenvalue weighted by atomic mass is 16.5. The smallest absolute Gasteiger partial charge is 0.407 e. The van der Waals surface area contributed by atoms with Gasteiger partial charge in [0.1, 0.15) is 0 Å². The van der Waals surface area contributed by atoms with Gasteiger partial charge in [-0.15, -0.1) is 0 Å². The van der Waals surface area contributed by atoms with Gasteiger partial charge in [-0.2, -0.15) is 5.26 Å². The van der Waals surface area contributed by atoms with Crippen LogP contribution >= 0.6 is 0 Å². The van der Waals surface area contributed by atoms with Crippen LogP contribution in [0.1, 0.15) is 44.6 Å². The van der Waals surface area contributed by atoms with Gasteiger partial charge in [-0.1, -0.05) is 30.3 Å². The zero-order valence-corrected chi connectivity index (χ0v) is 14.9. The van der Waals surface area contributed by atoms with Crippen molar-refractivity contribution in [3.05, 3.63) is 35.9 Å². The summed E-state index contributed by atoms with van der Waals surface area (Å²) in [5, 5.41) is 12.8. The maximum atomic E-state index is 11.6. The van der Waals surface area contributed by atoms with E-state index in [1.54, 1.807) is 0 Å². The monoisotopic (exact) mass is 341 g/mol. The molecule has 1 aliphatic carbocycles. The third-order valence-corrected chi connectivity index (χ3v) is 5.68. The third kappa shape index (κ3) is 3.96. The van der Waals surface area contributed by atoms with E-state index < -0.39 is 0 Å². The van der Waals surface area contributed by atoms with Crippen LogP contribution in [0.5, 0.6) is 0 Å². The molecule has 1 saturated carbocycles. The van der Waals surface area contributed by atoms with Gasteiger partial charge in [0.15, 0.2) is 0 Å². The maximum absolute atomic E-state index is 11.6. The Balaban J connectivity index is 1.54. The summed E-state index contributed by atoms with van der Waals surface area (Å²) in [5.74, 6) is 0. The number of nitrogens with one attached hydrogen (secondary N) is 1. The van der Waals surface area contributed by atoms with E-state index in [0.717, 1.165) is 50.8 Å².